The maximum absolute atomic E-state index is 13.1. The number of halogens is 2. The lowest BCUT2D eigenvalue weighted by atomic mass is 10.0. The van der Waals surface area contributed by atoms with Crippen LogP contribution in [-0.2, 0) is 4.74 Å². The van der Waals surface area contributed by atoms with Crippen LogP contribution < -0.4 is 0 Å². The Labute approximate surface area is 96.8 Å². The van der Waals surface area contributed by atoms with Crippen LogP contribution in [0.15, 0.2) is 12.1 Å². The third kappa shape index (κ3) is 1.70. The molecule has 5 heteroatoms. The molecule has 1 fully saturated rings. The third-order valence-electron chi connectivity index (χ3n) is 3.27. The van der Waals surface area contributed by atoms with Gasteiger partial charge in [0.1, 0.15) is 5.82 Å². The zero-order chi connectivity index (χ0) is 12.0. The molecule has 0 bridgehead atoms. The molecule has 1 aliphatic heterocycles. The second-order valence-electron chi connectivity index (χ2n) is 4.38. The van der Waals surface area contributed by atoms with Crippen molar-refractivity contribution in [3.05, 3.63) is 29.6 Å². The number of hydrogen-bond donors (Lipinski definition) is 1. The largest absolute Gasteiger partial charge is 0.378 e. The first-order chi connectivity index (χ1) is 8.15. The smallest absolute Gasteiger partial charge is 0.161 e. The van der Waals surface area contributed by atoms with Gasteiger partial charge in [-0.2, -0.15) is 0 Å². The minimum Gasteiger partial charge on any atom is -0.378 e. The number of nitrogens with zero attached hydrogens (tertiary/aromatic N) is 1. The lowest BCUT2D eigenvalue weighted by molar-refractivity contribution is 0.117. The van der Waals surface area contributed by atoms with Gasteiger partial charge in [-0.25, -0.2) is 13.8 Å². The van der Waals surface area contributed by atoms with E-state index >= 15 is 0 Å². The molecular weight excluding hydrogens is 226 g/mol. The lowest BCUT2D eigenvalue weighted by Gasteiger charge is -2.09. The number of nitrogens with one attached hydrogen (secondary N) is 1. The van der Waals surface area contributed by atoms with Crippen LogP contribution >= 0.6 is 0 Å². The first kappa shape index (κ1) is 10.7. The van der Waals surface area contributed by atoms with Crippen molar-refractivity contribution in [3.8, 4) is 0 Å². The lowest BCUT2D eigenvalue weighted by Crippen LogP contribution is -2.10. The second-order valence-corrected chi connectivity index (χ2v) is 4.38. The highest BCUT2D eigenvalue weighted by atomic mass is 19.2. The maximum atomic E-state index is 13.1. The summed E-state index contributed by atoms with van der Waals surface area (Å²) in [4.78, 5) is 7.34. The number of imidazole rings is 1. The van der Waals surface area contributed by atoms with Crippen LogP contribution in [0.2, 0.25) is 0 Å². The van der Waals surface area contributed by atoms with Gasteiger partial charge in [0.05, 0.1) is 17.1 Å². The summed E-state index contributed by atoms with van der Waals surface area (Å²) in [7, 11) is 0. The summed E-state index contributed by atoms with van der Waals surface area (Å²) >= 11 is 0. The molecule has 2 atom stereocenters. The molecule has 0 saturated carbocycles. The van der Waals surface area contributed by atoms with Crippen molar-refractivity contribution in [2.24, 2.45) is 0 Å². The fraction of sp³-hybridized carbons (Fsp3) is 0.417. The third-order valence-corrected chi connectivity index (χ3v) is 3.27. The molecule has 0 radical (unpaired) electrons. The predicted octanol–water partition coefficient (Wildman–Crippen LogP) is 2.73. The number of ether oxygens (including phenoxy) is 1. The number of aromatic nitrogens is 2. The van der Waals surface area contributed by atoms with E-state index in [9.17, 15) is 8.78 Å². The maximum Gasteiger partial charge on any atom is 0.161 e. The van der Waals surface area contributed by atoms with Crippen LogP contribution in [0.3, 0.4) is 0 Å². The number of benzene rings is 1. The van der Waals surface area contributed by atoms with Gasteiger partial charge in [-0.05, 0) is 13.3 Å². The van der Waals surface area contributed by atoms with Gasteiger partial charge in [-0.15, -0.1) is 0 Å². The van der Waals surface area contributed by atoms with Crippen molar-refractivity contribution < 1.29 is 13.5 Å². The fourth-order valence-corrected chi connectivity index (χ4v) is 2.29. The fourth-order valence-electron chi connectivity index (χ4n) is 2.29. The van der Waals surface area contributed by atoms with E-state index in [4.69, 9.17) is 4.74 Å². The van der Waals surface area contributed by atoms with Crippen LogP contribution in [-0.4, -0.2) is 22.7 Å². The highest BCUT2D eigenvalue weighted by Crippen LogP contribution is 2.30. The Morgan fingerprint density at radius 2 is 2.12 bits per heavy atom. The zero-order valence-corrected chi connectivity index (χ0v) is 9.34. The van der Waals surface area contributed by atoms with Crippen LogP contribution in [0.1, 0.15) is 25.1 Å². The topological polar surface area (TPSA) is 37.9 Å². The van der Waals surface area contributed by atoms with E-state index in [0.717, 1.165) is 24.4 Å². The zero-order valence-electron chi connectivity index (χ0n) is 9.34. The average Bonchev–Trinajstić information content (AvgIpc) is 2.85. The molecule has 2 unspecified atom stereocenters. The Hall–Kier alpha value is -1.49. The van der Waals surface area contributed by atoms with Crippen molar-refractivity contribution in [1.82, 2.24) is 9.97 Å². The van der Waals surface area contributed by atoms with Crippen molar-refractivity contribution in [3.63, 3.8) is 0 Å². The molecule has 90 valence electrons. The van der Waals surface area contributed by atoms with Crippen LogP contribution in [0, 0.1) is 11.6 Å². The quantitative estimate of drug-likeness (QED) is 0.829. The van der Waals surface area contributed by atoms with Crippen LogP contribution in [0.4, 0.5) is 8.78 Å². The van der Waals surface area contributed by atoms with Gasteiger partial charge in [-0.1, -0.05) is 0 Å². The Morgan fingerprint density at radius 3 is 2.82 bits per heavy atom. The van der Waals surface area contributed by atoms with Gasteiger partial charge in [-0.3, -0.25) is 0 Å². The van der Waals surface area contributed by atoms with Crippen molar-refractivity contribution in [2.45, 2.75) is 25.4 Å². The predicted molar refractivity (Wildman–Crippen MR) is 58.8 cm³/mol. The highest BCUT2D eigenvalue weighted by Gasteiger charge is 2.28. The molecule has 0 amide bonds. The standard InChI is InChI=1S/C12H12F2N2O/c1-6-7(2-3-17-6)12-15-10-4-8(13)9(14)5-11(10)16-12/h4-7H,2-3H2,1H3,(H,15,16). The van der Waals surface area contributed by atoms with E-state index in [0.29, 0.717) is 17.6 Å². The van der Waals surface area contributed by atoms with Crippen LogP contribution in [0.5, 0.6) is 0 Å². The Bertz CT molecular complexity index is 528. The molecule has 1 aromatic heterocycles. The van der Waals surface area contributed by atoms with E-state index in [1.54, 1.807) is 0 Å². The monoisotopic (exact) mass is 238 g/mol. The molecule has 1 N–H and O–H groups in total. The molecule has 1 aliphatic rings. The summed E-state index contributed by atoms with van der Waals surface area (Å²) in [5.41, 5.74) is 0.982. The molecule has 3 nitrogen and oxygen atoms in total. The molecule has 2 heterocycles. The summed E-state index contributed by atoms with van der Waals surface area (Å²) in [6.07, 6.45) is 0.969. The first-order valence-corrected chi connectivity index (χ1v) is 5.61. The highest BCUT2D eigenvalue weighted by molar-refractivity contribution is 5.75. The number of fused-ring (bicyclic) bond motifs is 1. The Balaban J connectivity index is 2.07. The van der Waals surface area contributed by atoms with Gasteiger partial charge < -0.3 is 9.72 Å². The van der Waals surface area contributed by atoms with Gasteiger partial charge in [0.25, 0.3) is 0 Å². The van der Waals surface area contributed by atoms with Gasteiger partial charge in [0.15, 0.2) is 11.6 Å². The van der Waals surface area contributed by atoms with E-state index in [1.807, 2.05) is 6.92 Å². The first-order valence-electron chi connectivity index (χ1n) is 5.61. The van der Waals surface area contributed by atoms with E-state index in [2.05, 4.69) is 9.97 Å². The summed E-state index contributed by atoms with van der Waals surface area (Å²) in [5, 5.41) is 0. The molecule has 3 rings (SSSR count). The van der Waals surface area contributed by atoms with E-state index in [-0.39, 0.29) is 12.0 Å². The number of rotatable bonds is 1. The SMILES string of the molecule is CC1OCCC1c1nc2cc(F)c(F)cc2[nH]1. The molecule has 1 aromatic carbocycles. The van der Waals surface area contributed by atoms with Crippen molar-refractivity contribution in [2.75, 3.05) is 6.61 Å². The molecule has 17 heavy (non-hydrogen) atoms. The number of aromatic amines is 1. The summed E-state index contributed by atoms with van der Waals surface area (Å²) in [6, 6.07) is 2.26. The Kier molecular flexibility index (Phi) is 2.36. The molecule has 0 aliphatic carbocycles. The molecule has 0 spiro atoms. The van der Waals surface area contributed by atoms with Crippen molar-refractivity contribution in [1.29, 1.82) is 0 Å². The molecule has 2 aromatic rings. The van der Waals surface area contributed by atoms with E-state index < -0.39 is 11.6 Å². The van der Waals surface area contributed by atoms with Gasteiger partial charge >= 0.3 is 0 Å². The summed E-state index contributed by atoms with van der Waals surface area (Å²) in [6.45, 7) is 2.68. The van der Waals surface area contributed by atoms with Crippen molar-refractivity contribution >= 4 is 11.0 Å². The van der Waals surface area contributed by atoms with Crippen LogP contribution in [0.25, 0.3) is 11.0 Å². The average molecular weight is 238 g/mol. The summed E-state index contributed by atoms with van der Waals surface area (Å²) in [5.74, 6) is -0.807. The normalized spacial score (nSPS) is 24.6. The Morgan fingerprint density at radius 1 is 1.35 bits per heavy atom. The molecular formula is C12H12F2N2O. The molecule has 1 saturated heterocycles. The van der Waals surface area contributed by atoms with Gasteiger partial charge in [0, 0.05) is 24.7 Å². The minimum absolute atomic E-state index is 0.0882. The minimum atomic E-state index is -0.869. The summed E-state index contributed by atoms with van der Waals surface area (Å²) < 4.78 is 31.6. The number of hydrogen-bond acceptors (Lipinski definition) is 2. The van der Waals surface area contributed by atoms with E-state index in [1.165, 1.54) is 0 Å². The number of H-pyrrole nitrogens is 1. The second kappa shape index (κ2) is 3.77. The van der Waals surface area contributed by atoms with Gasteiger partial charge in [0.2, 0.25) is 0 Å².